The van der Waals surface area contributed by atoms with Crippen molar-refractivity contribution in [2.75, 3.05) is 0 Å². The first kappa shape index (κ1) is 15.1. The number of carbonyl (C=O) groups excluding carboxylic acids is 2. The van der Waals surface area contributed by atoms with E-state index in [4.69, 9.17) is 9.47 Å². The zero-order valence-corrected chi connectivity index (χ0v) is 13.1. The minimum absolute atomic E-state index is 0.0522. The predicted molar refractivity (Wildman–Crippen MR) is 81.8 cm³/mol. The molecule has 118 valence electrons. The lowest BCUT2D eigenvalue weighted by molar-refractivity contribution is -0.158. The van der Waals surface area contributed by atoms with E-state index in [0.717, 1.165) is 31.2 Å². The smallest absolute Gasteiger partial charge is 0.419 e. The molecule has 3 aliphatic carbocycles. The van der Waals surface area contributed by atoms with Gasteiger partial charge in [-0.15, -0.1) is 0 Å². The van der Waals surface area contributed by atoms with Gasteiger partial charge in [0.2, 0.25) is 0 Å². The molecule has 1 atom stereocenters. The molecule has 0 amide bonds. The van der Waals surface area contributed by atoms with Crippen LogP contribution in [-0.2, 0) is 9.53 Å². The number of Topliss-reactive ketones (excluding diaryl/α,β-unsaturated/α-hetero) is 1. The third-order valence-corrected chi connectivity index (χ3v) is 5.25. The van der Waals surface area contributed by atoms with Gasteiger partial charge in [0, 0.05) is 5.92 Å². The maximum absolute atomic E-state index is 12.2. The summed E-state index contributed by atoms with van der Waals surface area (Å²) in [4.78, 5) is 24.5. The molecule has 0 heterocycles. The van der Waals surface area contributed by atoms with Crippen LogP contribution in [0.5, 0.6) is 5.75 Å². The minimum atomic E-state index is -0.971. The lowest BCUT2D eigenvalue weighted by Crippen LogP contribution is -2.55. The number of hydrogen-bond acceptors (Lipinski definition) is 4. The monoisotopic (exact) mass is 302 g/mol. The molecule has 4 heteroatoms. The SMILES string of the molecule is CC(=O)C1(OC(=O)Oc2ccccc2C)CC2CCC1CC2. The molecule has 3 saturated carbocycles. The van der Waals surface area contributed by atoms with E-state index in [-0.39, 0.29) is 11.7 Å². The molecule has 0 N–H and O–H groups in total. The van der Waals surface area contributed by atoms with Gasteiger partial charge in [0.1, 0.15) is 5.75 Å². The van der Waals surface area contributed by atoms with Gasteiger partial charge in [-0.2, -0.15) is 0 Å². The number of carbonyl (C=O) groups is 2. The van der Waals surface area contributed by atoms with E-state index in [1.54, 1.807) is 12.1 Å². The largest absolute Gasteiger partial charge is 0.514 e. The number of fused-ring (bicyclic) bond motifs is 3. The van der Waals surface area contributed by atoms with Crippen LogP contribution in [-0.4, -0.2) is 17.5 Å². The third-order valence-electron chi connectivity index (χ3n) is 5.25. The molecule has 0 saturated heterocycles. The summed E-state index contributed by atoms with van der Waals surface area (Å²) in [6, 6.07) is 7.28. The minimum Gasteiger partial charge on any atom is -0.419 e. The predicted octanol–water partition coefficient (Wildman–Crippen LogP) is 4.05. The van der Waals surface area contributed by atoms with Crippen molar-refractivity contribution in [2.24, 2.45) is 11.8 Å². The fourth-order valence-electron chi connectivity index (χ4n) is 3.99. The fraction of sp³-hybridized carbons (Fsp3) is 0.556. The van der Waals surface area contributed by atoms with Gasteiger partial charge in [0.15, 0.2) is 11.4 Å². The first-order valence-electron chi connectivity index (χ1n) is 7.99. The summed E-state index contributed by atoms with van der Waals surface area (Å²) >= 11 is 0. The van der Waals surface area contributed by atoms with Gasteiger partial charge in [0.25, 0.3) is 0 Å². The average molecular weight is 302 g/mol. The molecule has 3 fully saturated rings. The first-order valence-corrected chi connectivity index (χ1v) is 7.99. The van der Waals surface area contributed by atoms with Gasteiger partial charge >= 0.3 is 6.16 Å². The van der Waals surface area contributed by atoms with Crippen molar-refractivity contribution in [1.82, 2.24) is 0 Å². The molecular formula is C18H22O4. The Bertz CT molecular complexity index is 587. The van der Waals surface area contributed by atoms with Crippen molar-refractivity contribution >= 4 is 11.9 Å². The van der Waals surface area contributed by atoms with Crippen molar-refractivity contribution in [3.05, 3.63) is 29.8 Å². The van der Waals surface area contributed by atoms with Crippen LogP contribution in [0.2, 0.25) is 0 Å². The second kappa shape index (κ2) is 5.75. The molecule has 0 spiro atoms. The molecule has 0 radical (unpaired) electrons. The van der Waals surface area contributed by atoms with Crippen LogP contribution >= 0.6 is 0 Å². The van der Waals surface area contributed by atoms with Gasteiger partial charge in [0.05, 0.1) is 0 Å². The summed E-state index contributed by atoms with van der Waals surface area (Å²) in [5, 5.41) is 0. The van der Waals surface area contributed by atoms with E-state index in [9.17, 15) is 9.59 Å². The van der Waals surface area contributed by atoms with Crippen molar-refractivity contribution < 1.29 is 19.1 Å². The van der Waals surface area contributed by atoms with Crippen LogP contribution < -0.4 is 4.74 Å². The topological polar surface area (TPSA) is 52.6 Å². The quantitative estimate of drug-likeness (QED) is 0.624. The Balaban J connectivity index is 1.76. The molecule has 4 nitrogen and oxygen atoms in total. The molecule has 0 aromatic heterocycles. The van der Waals surface area contributed by atoms with Crippen molar-refractivity contribution in [3.63, 3.8) is 0 Å². The standard InChI is InChI=1S/C18H22O4/c1-12-5-3-4-6-16(12)21-17(20)22-18(13(2)19)11-14-7-9-15(18)10-8-14/h3-6,14-15H,7-11H2,1-2H3. The van der Waals surface area contributed by atoms with Crippen LogP contribution in [0, 0.1) is 18.8 Å². The Morgan fingerprint density at radius 3 is 2.36 bits per heavy atom. The Hall–Kier alpha value is -1.84. The van der Waals surface area contributed by atoms with Crippen LogP contribution in [0.4, 0.5) is 4.79 Å². The van der Waals surface area contributed by atoms with Gasteiger partial charge in [-0.3, -0.25) is 4.79 Å². The number of rotatable bonds is 3. The van der Waals surface area contributed by atoms with Gasteiger partial charge in [-0.25, -0.2) is 4.79 Å². The lowest BCUT2D eigenvalue weighted by atomic mass is 9.61. The van der Waals surface area contributed by atoms with E-state index in [1.165, 1.54) is 6.92 Å². The van der Waals surface area contributed by atoms with Gasteiger partial charge in [-0.1, -0.05) is 18.2 Å². The highest BCUT2D eigenvalue weighted by Crippen LogP contribution is 2.49. The van der Waals surface area contributed by atoms with E-state index < -0.39 is 11.8 Å². The van der Waals surface area contributed by atoms with Crippen LogP contribution in [0.1, 0.15) is 44.6 Å². The number of hydrogen-bond donors (Lipinski definition) is 0. The van der Waals surface area contributed by atoms with Crippen molar-refractivity contribution in [1.29, 1.82) is 0 Å². The molecule has 2 bridgehead atoms. The third kappa shape index (κ3) is 2.62. The summed E-state index contributed by atoms with van der Waals surface area (Å²) in [6.45, 7) is 3.40. The molecular weight excluding hydrogens is 280 g/mol. The number of aryl methyl sites for hydroxylation is 1. The number of ether oxygens (including phenoxy) is 2. The number of para-hydroxylation sites is 1. The zero-order valence-electron chi connectivity index (χ0n) is 13.1. The molecule has 4 rings (SSSR count). The highest BCUT2D eigenvalue weighted by atomic mass is 16.7. The Morgan fingerprint density at radius 2 is 1.82 bits per heavy atom. The molecule has 3 aliphatic rings. The van der Waals surface area contributed by atoms with E-state index >= 15 is 0 Å². The maximum Gasteiger partial charge on any atom is 0.514 e. The first-order chi connectivity index (χ1) is 10.5. The highest BCUT2D eigenvalue weighted by molar-refractivity contribution is 5.87. The molecule has 0 aliphatic heterocycles. The Labute approximate surface area is 130 Å². The number of ketones is 1. The van der Waals surface area contributed by atoms with E-state index in [2.05, 4.69) is 0 Å². The molecule has 1 aromatic carbocycles. The van der Waals surface area contributed by atoms with Crippen molar-refractivity contribution in [3.8, 4) is 5.75 Å². The molecule has 1 unspecified atom stereocenters. The van der Waals surface area contributed by atoms with Crippen molar-refractivity contribution in [2.45, 2.75) is 51.6 Å². The summed E-state index contributed by atoms with van der Waals surface area (Å²) in [5.74, 6) is 1.05. The second-order valence-electron chi connectivity index (χ2n) is 6.59. The van der Waals surface area contributed by atoms with Crippen LogP contribution in [0.25, 0.3) is 0 Å². The normalized spacial score (nSPS) is 29.9. The lowest BCUT2D eigenvalue weighted by Gasteiger charge is -2.48. The molecule has 1 aromatic rings. The second-order valence-corrected chi connectivity index (χ2v) is 6.59. The Morgan fingerprint density at radius 1 is 1.14 bits per heavy atom. The number of benzene rings is 1. The average Bonchev–Trinajstić information content (AvgIpc) is 2.50. The van der Waals surface area contributed by atoms with E-state index in [0.29, 0.717) is 18.1 Å². The Kier molecular flexibility index (Phi) is 3.94. The summed E-state index contributed by atoms with van der Waals surface area (Å²) < 4.78 is 10.9. The van der Waals surface area contributed by atoms with E-state index in [1.807, 2.05) is 19.1 Å². The summed E-state index contributed by atoms with van der Waals surface area (Å²) in [5.41, 5.74) is -0.109. The van der Waals surface area contributed by atoms with Gasteiger partial charge < -0.3 is 9.47 Å². The zero-order chi connectivity index (χ0) is 15.7. The molecule has 22 heavy (non-hydrogen) atoms. The summed E-state index contributed by atoms with van der Waals surface area (Å²) in [7, 11) is 0. The highest BCUT2D eigenvalue weighted by Gasteiger charge is 2.54. The van der Waals surface area contributed by atoms with Gasteiger partial charge in [-0.05, 0) is 63.5 Å². The fourth-order valence-corrected chi connectivity index (χ4v) is 3.99. The van der Waals surface area contributed by atoms with Crippen LogP contribution in [0.15, 0.2) is 24.3 Å². The van der Waals surface area contributed by atoms with Crippen LogP contribution in [0.3, 0.4) is 0 Å². The maximum atomic E-state index is 12.2. The summed E-state index contributed by atoms with van der Waals surface area (Å²) in [6.07, 6.45) is 4.07.